The molecule has 2 aromatic rings. The van der Waals surface area contributed by atoms with Crippen LogP contribution in [0.15, 0.2) is 12.1 Å². The Morgan fingerprint density at radius 2 is 1.67 bits per heavy atom. The zero-order chi connectivity index (χ0) is 15.0. The summed E-state index contributed by atoms with van der Waals surface area (Å²) in [5, 5.41) is 4.71. The van der Waals surface area contributed by atoms with Gasteiger partial charge in [0.1, 0.15) is 0 Å². The van der Waals surface area contributed by atoms with Crippen LogP contribution in [0.2, 0.25) is 0 Å². The first-order chi connectivity index (χ1) is 10.0. The largest absolute Gasteiger partial charge is 0.359 e. The quantitative estimate of drug-likeness (QED) is 0.821. The van der Waals surface area contributed by atoms with Gasteiger partial charge >= 0.3 is 0 Å². The molecule has 1 aromatic carbocycles. The van der Waals surface area contributed by atoms with Crippen LogP contribution in [0.5, 0.6) is 0 Å². The lowest BCUT2D eigenvalue weighted by molar-refractivity contribution is 0.754. The molecule has 1 N–H and O–H groups in total. The standard InChI is InChI=1S/C18H24N2S/c1-11-9-13(3)16(10-12(11)2)17-14(4)21-18(20-17)19-15-7-5-6-8-15/h9-10,15H,5-8H2,1-4H3,(H,19,20). The first-order valence-corrected chi connectivity index (χ1v) is 8.68. The molecule has 1 aliphatic carbocycles. The molecule has 1 fully saturated rings. The second-order valence-corrected chi connectivity index (χ2v) is 7.50. The number of nitrogens with zero attached hydrogens (tertiary/aromatic N) is 1. The van der Waals surface area contributed by atoms with E-state index in [-0.39, 0.29) is 0 Å². The van der Waals surface area contributed by atoms with Crippen LogP contribution in [-0.2, 0) is 0 Å². The fourth-order valence-corrected chi connectivity index (χ4v) is 4.07. The molecular formula is C18H24N2S. The molecular weight excluding hydrogens is 276 g/mol. The number of aromatic nitrogens is 1. The van der Waals surface area contributed by atoms with Crippen LogP contribution in [0.3, 0.4) is 0 Å². The molecule has 112 valence electrons. The number of benzene rings is 1. The second kappa shape index (κ2) is 5.80. The molecule has 2 nitrogen and oxygen atoms in total. The Morgan fingerprint density at radius 1 is 1.00 bits per heavy atom. The van der Waals surface area contributed by atoms with Gasteiger partial charge in [-0.05, 0) is 63.3 Å². The molecule has 1 saturated carbocycles. The maximum Gasteiger partial charge on any atom is 0.183 e. The minimum absolute atomic E-state index is 0.629. The van der Waals surface area contributed by atoms with Gasteiger partial charge in [-0.3, -0.25) is 0 Å². The molecule has 1 aliphatic rings. The third kappa shape index (κ3) is 2.98. The first-order valence-electron chi connectivity index (χ1n) is 7.87. The predicted molar refractivity (Wildman–Crippen MR) is 92.4 cm³/mol. The zero-order valence-corrected chi connectivity index (χ0v) is 14.2. The average molecular weight is 300 g/mol. The lowest BCUT2D eigenvalue weighted by atomic mass is 9.98. The van der Waals surface area contributed by atoms with E-state index in [9.17, 15) is 0 Å². The van der Waals surface area contributed by atoms with E-state index in [4.69, 9.17) is 4.98 Å². The van der Waals surface area contributed by atoms with Gasteiger partial charge in [-0.1, -0.05) is 18.9 Å². The van der Waals surface area contributed by atoms with E-state index < -0.39 is 0 Å². The van der Waals surface area contributed by atoms with Gasteiger partial charge in [0.25, 0.3) is 0 Å². The van der Waals surface area contributed by atoms with Gasteiger partial charge in [-0.25, -0.2) is 4.98 Å². The molecule has 0 unspecified atom stereocenters. The summed E-state index contributed by atoms with van der Waals surface area (Å²) in [6.07, 6.45) is 5.28. The smallest absolute Gasteiger partial charge is 0.183 e. The average Bonchev–Trinajstić information content (AvgIpc) is 3.04. The van der Waals surface area contributed by atoms with Crippen LogP contribution in [0.1, 0.15) is 47.3 Å². The van der Waals surface area contributed by atoms with Crippen LogP contribution >= 0.6 is 11.3 Å². The summed E-state index contributed by atoms with van der Waals surface area (Å²) in [4.78, 5) is 6.19. The maximum absolute atomic E-state index is 4.88. The number of nitrogens with one attached hydrogen (secondary N) is 1. The highest BCUT2D eigenvalue weighted by atomic mass is 32.1. The van der Waals surface area contributed by atoms with Crippen molar-refractivity contribution in [3.8, 4) is 11.3 Å². The molecule has 0 bridgehead atoms. The van der Waals surface area contributed by atoms with Crippen molar-refractivity contribution in [2.75, 3.05) is 5.32 Å². The van der Waals surface area contributed by atoms with Crippen molar-refractivity contribution in [2.45, 2.75) is 59.4 Å². The lowest BCUT2D eigenvalue weighted by Crippen LogP contribution is -2.14. The third-order valence-corrected chi connectivity index (χ3v) is 5.48. The van der Waals surface area contributed by atoms with E-state index in [1.54, 1.807) is 11.3 Å². The Labute approximate surface area is 131 Å². The summed E-state index contributed by atoms with van der Waals surface area (Å²) in [6.45, 7) is 8.72. The molecule has 21 heavy (non-hydrogen) atoms. The highest BCUT2D eigenvalue weighted by Gasteiger charge is 2.18. The topological polar surface area (TPSA) is 24.9 Å². The molecule has 0 amide bonds. The number of aryl methyl sites for hydroxylation is 4. The van der Waals surface area contributed by atoms with Crippen molar-refractivity contribution in [2.24, 2.45) is 0 Å². The van der Waals surface area contributed by atoms with Crippen LogP contribution < -0.4 is 5.32 Å². The van der Waals surface area contributed by atoms with E-state index in [2.05, 4.69) is 45.1 Å². The number of anilines is 1. The molecule has 1 heterocycles. The fourth-order valence-electron chi connectivity index (χ4n) is 3.17. The predicted octanol–water partition coefficient (Wildman–Crippen LogP) is 5.40. The third-order valence-electron chi connectivity index (χ3n) is 4.58. The molecule has 0 saturated heterocycles. The van der Waals surface area contributed by atoms with E-state index in [0.29, 0.717) is 6.04 Å². The summed E-state index contributed by atoms with van der Waals surface area (Å²) in [7, 11) is 0. The minimum Gasteiger partial charge on any atom is -0.359 e. The number of rotatable bonds is 3. The Bertz CT molecular complexity index is 651. The van der Waals surface area contributed by atoms with Gasteiger partial charge in [0.05, 0.1) is 5.69 Å². The molecule has 0 aliphatic heterocycles. The van der Waals surface area contributed by atoms with E-state index in [1.165, 1.54) is 52.8 Å². The maximum atomic E-state index is 4.88. The Balaban J connectivity index is 1.92. The van der Waals surface area contributed by atoms with Crippen LogP contribution in [-0.4, -0.2) is 11.0 Å². The van der Waals surface area contributed by atoms with Crippen molar-refractivity contribution in [3.63, 3.8) is 0 Å². The Morgan fingerprint density at radius 3 is 2.38 bits per heavy atom. The minimum atomic E-state index is 0.629. The summed E-state index contributed by atoms with van der Waals surface area (Å²) < 4.78 is 0. The van der Waals surface area contributed by atoms with Crippen molar-refractivity contribution < 1.29 is 0 Å². The summed E-state index contributed by atoms with van der Waals surface area (Å²) in [5.41, 5.74) is 6.45. The SMILES string of the molecule is Cc1cc(C)c(-c2nc(NC3CCCC3)sc2C)cc1C. The monoisotopic (exact) mass is 300 g/mol. The fraction of sp³-hybridized carbons (Fsp3) is 0.500. The Kier molecular flexibility index (Phi) is 4.03. The zero-order valence-electron chi connectivity index (χ0n) is 13.4. The first kappa shape index (κ1) is 14.6. The highest BCUT2D eigenvalue weighted by Crippen LogP contribution is 2.34. The number of hydrogen-bond acceptors (Lipinski definition) is 3. The van der Waals surface area contributed by atoms with Gasteiger partial charge < -0.3 is 5.32 Å². The van der Waals surface area contributed by atoms with E-state index in [1.807, 2.05) is 0 Å². The molecule has 0 radical (unpaired) electrons. The van der Waals surface area contributed by atoms with Gasteiger partial charge in [-0.2, -0.15) is 0 Å². The van der Waals surface area contributed by atoms with Crippen LogP contribution in [0, 0.1) is 27.7 Å². The van der Waals surface area contributed by atoms with Crippen molar-refractivity contribution in [1.82, 2.24) is 4.98 Å². The van der Waals surface area contributed by atoms with E-state index >= 15 is 0 Å². The van der Waals surface area contributed by atoms with Crippen molar-refractivity contribution in [1.29, 1.82) is 0 Å². The summed E-state index contributed by atoms with van der Waals surface area (Å²) in [6, 6.07) is 5.18. The molecule has 3 rings (SSSR count). The number of hydrogen-bond donors (Lipinski definition) is 1. The highest BCUT2D eigenvalue weighted by molar-refractivity contribution is 7.16. The van der Waals surface area contributed by atoms with Crippen LogP contribution in [0.25, 0.3) is 11.3 Å². The molecule has 0 spiro atoms. The normalized spacial score (nSPS) is 15.6. The second-order valence-electron chi connectivity index (χ2n) is 6.30. The van der Waals surface area contributed by atoms with Gasteiger partial charge in [0, 0.05) is 16.5 Å². The Hall–Kier alpha value is -1.35. The molecule has 3 heteroatoms. The summed E-state index contributed by atoms with van der Waals surface area (Å²) in [5.74, 6) is 0. The van der Waals surface area contributed by atoms with Crippen molar-refractivity contribution in [3.05, 3.63) is 33.7 Å². The molecule has 1 aromatic heterocycles. The van der Waals surface area contributed by atoms with Gasteiger partial charge in [0.15, 0.2) is 5.13 Å². The molecule has 0 atom stereocenters. The van der Waals surface area contributed by atoms with Gasteiger partial charge in [0.2, 0.25) is 0 Å². The number of thiazole rings is 1. The van der Waals surface area contributed by atoms with Gasteiger partial charge in [-0.15, -0.1) is 11.3 Å². The summed E-state index contributed by atoms with van der Waals surface area (Å²) >= 11 is 1.79. The van der Waals surface area contributed by atoms with E-state index in [0.717, 1.165) is 10.8 Å². The van der Waals surface area contributed by atoms with Crippen LogP contribution in [0.4, 0.5) is 5.13 Å². The van der Waals surface area contributed by atoms with Crippen molar-refractivity contribution >= 4 is 16.5 Å². The lowest BCUT2D eigenvalue weighted by Gasteiger charge is -2.10.